The minimum Gasteiger partial charge on any atom is -0.375 e. The van der Waals surface area contributed by atoms with Crippen LogP contribution in [0.15, 0.2) is 28.3 Å². The van der Waals surface area contributed by atoms with Crippen LogP contribution in [0.3, 0.4) is 0 Å². The zero-order valence-electron chi connectivity index (χ0n) is 9.76. The number of nitrogens with zero attached hydrogens (tertiary/aromatic N) is 2. The first-order chi connectivity index (χ1) is 8.56. The topological polar surface area (TPSA) is 72.9 Å². The third-order valence-electron chi connectivity index (χ3n) is 2.37. The molecule has 0 aromatic carbocycles. The van der Waals surface area contributed by atoms with Crippen molar-refractivity contribution in [3.8, 4) is 0 Å². The summed E-state index contributed by atoms with van der Waals surface area (Å²) in [6.07, 6.45) is 3.45. The predicted molar refractivity (Wildman–Crippen MR) is 75.5 cm³/mol. The zero-order valence-corrected chi connectivity index (χ0v) is 12.2. The smallest absolute Gasteiger partial charge is 0.239 e. The number of rotatable bonds is 5. The largest absolute Gasteiger partial charge is 0.375 e. The van der Waals surface area contributed by atoms with E-state index in [1.807, 2.05) is 11.4 Å². The molecular formula is C11H13BrN4OS. The maximum absolute atomic E-state index is 10.8. The Morgan fingerprint density at radius 2 is 2.50 bits per heavy atom. The molecule has 96 valence electrons. The summed E-state index contributed by atoms with van der Waals surface area (Å²) < 4.78 is 2.61. The summed E-state index contributed by atoms with van der Waals surface area (Å²) in [6, 6.07) is 2.19. The molecular weight excluding hydrogens is 316 g/mol. The van der Waals surface area contributed by atoms with Crippen LogP contribution in [0.4, 0.5) is 5.69 Å². The van der Waals surface area contributed by atoms with Crippen molar-refractivity contribution in [2.75, 3.05) is 5.32 Å². The number of aromatic nitrogens is 2. The van der Waals surface area contributed by atoms with E-state index >= 15 is 0 Å². The van der Waals surface area contributed by atoms with E-state index in [1.54, 1.807) is 23.7 Å². The van der Waals surface area contributed by atoms with Crippen LogP contribution in [0.2, 0.25) is 0 Å². The van der Waals surface area contributed by atoms with E-state index in [9.17, 15) is 4.79 Å². The number of anilines is 1. The molecule has 0 saturated heterocycles. The first-order valence-corrected chi connectivity index (χ1v) is 7.03. The van der Waals surface area contributed by atoms with Gasteiger partial charge in [-0.2, -0.15) is 5.10 Å². The third-order valence-corrected chi connectivity index (χ3v) is 4.43. The first kappa shape index (κ1) is 13.1. The van der Waals surface area contributed by atoms with Crippen LogP contribution in [0.25, 0.3) is 0 Å². The number of primary amides is 1. The Balaban J connectivity index is 2.03. The highest BCUT2D eigenvalue weighted by molar-refractivity contribution is 9.10. The van der Waals surface area contributed by atoms with E-state index in [-0.39, 0.29) is 12.6 Å². The van der Waals surface area contributed by atoms with Crippen molar-refractivity contribution >= 4 is 38.9 Å². The van der Waals surface area contributed by atoms with Crippen molar-refractivity contribution in [2.24, 2.45) is 5.73 Å². The zero-order chi connectivity index (χ0) is 13.1. The van der Waals surface area contributed by atoms with Crippen LogP contribution in [-0.2, 0) is 11.3 Å². The molecule has 2 heterocycles. The Bertz CT molecular complexity index is 551. The maximum Gasteiger partial charge on any atom is 0.239 e. The van der Waals surface area contributed by atoms with Gasteiger partial charge in [0.25, 0.3) is 0 Å². The summed E-state index contributed by atoms with van der Waals surface area (Å²) in [5.74, 6) is -0.404. The lowest BCUT2D eigenvalue weighted by Gasteiger charge is -2.12. The minimum absolute atomic E-state index is 0.0960. The molecule has 0 spiro atoms. The van der Waals surface area contributed by atoms with Crippen LogP contribution < -0.4 is 11.1 Å². The number of hydrogen-bond donors (Lipinski definition) is 2. The Hall–Kier alpha value is -1.34. The summed E-state index contributed by atoms with van der Waals surface area (Å²) in [5, 5.41) is 9.42. The van der Waals surface area contributed by atoms with Crippen LogP contribution in [0.1, 0.15) is 17.8 Å². The van der Waals surface area contributed by atoms with Crippen LogP contribution in [0.5, 0.6) is 0 Å². The monoisotopic (exact) mass is 328 g/mol. The molecule has 0 saturated carbocycles. The molecule has 1 amide bonds. The average Bonchev–Trinajstić information content (AvgIpc) is 2.87. The van der Waals surface area contributed by atoms with Crippen molar-refractivity contribution in [1.82, 2.24) is 9.78 Å². The van der Waals surface area contributed by atoms with Crippen LogP contribution in [-0.4, -0.2) is 15.7 Å². The summed E-state index contributed by atoms with van der Waals surface area (Å²) in [6.45, 7) is 2.17. The van der Waals surface area contributed by atoms with E-state index in [4.69, 9.17) is 5.73 Å². The van der Waals surface area contributed by atoms with Gasteiger partial charge >= 0.3 is 0 Å². The molecule has 0 aliphatic rings. The lowest BCUT2D eigenvalue weighted by Crippen LogP contribution is -2.18. The van der Waals surface area contributed by atoms with E-state index in [0.29, 0.717) is 0 Å². The van der Waals surface area contributed by atoms with Crippen molar-refractivity contribution < 1.29 is 4.79 Å². The lowest BCUT2D eigenvalue weighted by atomic mass is 10.2. The van der Waals surface area contributed by atoms with E-state index in [0.717, 1.165) is 10.2 Å². The fourth-order valence-electron chi connectivity index (χ4n) is 1.61. The van der Waals surface area contributed by atoms with Gasteiger partial charge in [0, 0.05) is 15.5 Å². The predicted octanol–water partition coefficient (Wildman–Crippen LogP) is 2.37. The highest BCUT2D eigenvalue weighted by atomic mass is 79.9. The van der Waals surface area contributed by atoms with Gasteiger partial charge in [-0.05, 0) is 34.3 Å². The van der Waals surface area contributed by atoms with E-state index in [1.165, 1.54) is 9.56 Å². The molecule has 3 N–H and O–H groups in total. The SMILES string of the molecule is CC(Nc1cnn(CC(N)=O)c1)c1sccc1Br. The molecule has 2 aromatic rings. The number of carbonyl (C=O) groups is 1. The third kappa shape index (κ3) is 3.11. The molecule has 5 nitrogen and oxygen atoms in total. The van der Waals surface area contributed by atoms with Gasteiger partial charge < -0.3 is 11.1 Å². The minimum atomic E-state index is -0.404. The maximum atomic E-state index is 10.8. The number of thiophene rings is 1. The first-order valence-electron chi connectivity index (χ1n) is 5.36. The number of halogens is 1. The van der Waals surface area contributed by atoms with Gasteiger partial charge in [0.1, 0.15) is 6.54 Å². The summed E-state index contributed by atoms with van der Waals surface area (Å²) >= 11 is 5.19. The molecule has 1 atom stereocenters. The van der Waals surface area contributed by atoms with Gasteiger partial charge in [-0.15, -0.1) is 11.3 Å². The van der Waals surface area contributed by atoms with Gasteiger partial charge in [-0.25, -0.2) is 0 Å². The fourth-order valence-corrected chi connectivity index (χ4v) is 3.34. The number of hydrogen-bond acceptors (Lipinski definition) is 4. The van der Waals surface area contributed by atoms with Gasteiger partial charge in [-0.1, -0.05) is 0 Å². The quantitative estimate of drug-likeness (QED) is 0.884. The van der Waals surface area contributed by atoms with Crippen LogP contribution >= 0.6 is 27.3 Å². The van der Waals surface area contributed by atoms with Gasteiger partial charge in [0.05, 0.1) is 17.9 Å². The second-order valence-corrected chi connectivity index (χ2v) is 5.69. The van der Waals surface area contributed by atoms with E-state index < -0.39 is 5.91 Å². The van der Waals surface area contributed by atoms with Crippen molar-refractivity contribution in [3.05, 3.63) is 33.2 Å². The number of amides is 1. The molecule has 0 aliphatic heterocycles. The van der Waals surface area contributed by atoms with Crippen LogP contribution in [0, 0.1) is 0 Å². The van der Waals surface area contributed by atoms with E-state index in [2.05, 4.69) is 33.3 Å². The lowest BCUT2D eigenvalue weighted by molar-refractivity contribution is -0.118. The molecule has 0 bridgehead atoms. The highest BCUT2D eigenvalue weighted by Gasteiger charge is 2.11. The van der Waals surface area contributed by atoms with Crippen molar-refractivity contribution in [3.63, 3.8) is 0 Å². The Morgan fingerprint density at radius 1 is 1.72 bits per heavy atom. The molecule has 1 unspecified atom stereocenters. The Kier molecular flexibility index (Phi) is 4.03. The number of nitrogens with two attached hydrogens (primary N) is 1. The molecule has 2 rings (SSSR count). The van der Waals surface area contributed by atoms with Crippen molar-refractivity contribution in [2.45, 2.75) is 19.5 Å². The molecule has 18 heavy (non-hydrogen) atoms. The summed E-state index contributed by atoms with van der Waals surface area (Å²) in [7, 11) is 0. The highest BCUT2D eigenvalue weighted by Crippen LogP contribution is 2.30. The summed E-state index contributed by atoms with van der Waals surface area (Å²) in [4.78, 5) is 12.0. The van der Waals surface area contributed by atoms with Crippen molar-refractivity contribution in [1.29, 1.82) is 0 Å². The van der Waals surface area contributed by atoms with Gasteiger partial charge in [0.2, 0.25) is 5.91 Å². The molecule has 0 radical (unpaired) electrons. The number of nitrogens with one attached hydrogen (secondary N) is 1. The molecule has 0 fully saturated rings. The molecule has 2 aromatic heterocycles. The molecule has 7 heteroatoms. The van der Waals surface area contributed by atoms with Gasteiger partial charge in [-0.3, -0.25) is 9.48 Å². The Labute approximate surface area is 117 Å². The fraction of sp³-hybridized carbons (Fsp3) is 0.273. The Morgan fingerprint density at radius 3 is 3.11 bits per heavy atom. The standard InChI is InChI=1S/C11H13BrN4OS/c1-7(11-9(12)2-3-18-11)15-8-4-14-16(5-8)6-10(13)17/h2-5,7,15H,6H2,1H3,(H2,13,17). The van der Waals surface area contributed by atoms with Gasteiger partial charge in [0.15, 0.2) is 0 Å². The normalized spacial score (nSPS) is 12.3. The second-order valence-electron chi connectivity index (χ2n) is 3.89. The number of carbonyl (C=O) groups excluding carboxylic acids is 1. The average molecular weight is 329 g/mol. The molecule has 0 aliphatic carbocycles. The second kappa shape index (κ2) is 5.53. The summed E-state index contributed by atoms with van der Waals surface area (Å²) in [5.41, 5.74) is 5.97.